The number of carbonyl (C=O) groups excluding carboxylic acids is 1. The number of likely N-dealkylation sites (tertiary alicyclic amines) is 1. The summed E-state index contributed by atoms with van der Waals surface area (Å²) in [4.78, 5) is 13.8. The number of aliphatic hydroxyl groups excluding tert-OH is 1. The van der Waals surface area contributed by atoms with E-state index < -0.39 is 0 Å². The van der Waals surface area contributed by atoms with Gasteiger partial charge in [-0.15, -0.1) is 0 Å². The fourth-order valence-electron chi connectivity index (χ4n) is 2.57. The van der Waals surface area contributed by atoms with Gasteiger partial charge in [0.15, 0.2) is 0 Å². The molecule has 2 aliphatic rings. The smallest absolute Gasteiger partial charge is 0.225 e. The number of amides is 1. The monoisotopic (exact) mass is 212 g/mol. The van der Waals surface area contributed by atoms with Crippen molar-refractivity contribution >= 4 is 5.91 Å². The third-order valence-electron chi connectivity index (χ3n) is 3.60. The summed E-state index contributed by atoms with van der Waals surface area (Å²) in [5.74, 6) is 0.397. The van der Waals surface area contributed by atoms with Crippen LogP contribution in [0.2, 0.25) is 0 Å². The SMILES string of the molecule is NC1CCC(C(=O)N2CCC(O)C2)CC1. The predicted octanol–water partition coefficient (Wildman–Crippen LogP) is 0.0971. The highest BCUT2D eigenvalue weighted by molar-refractivity contribution is 5.79. The molecule has 0 bridgehead atoms. The lowest BCUT2D eigenvalue weighted by Crippen LogP contribution is -2.38. The average Bonchev–Trinajstić information content (AvgIpc) is 2.65. The van der Waals surface area contributed by atoms with Crippen molar-refractivity contribution in [1.29, 1.82) is 0 Å². The van der Waals surface area contributed by atoms with Crippen LogP contribution in [0.1, 0.15) is 32.1 Å². The number of hydrogen-bond acceptors (Lipinski definition) is 3. The first kappa shape index (κ1) is 10.9. The molecule has 0 aromatic heterocycles. The maximum Gasteiger partial charge on any atom is 0.225 e. The van der Waals surface area contributed by atoms with E-state index >= 15 is 0 Å². The lowest BCUT2D eigenvalue weighted by atomic mass is 9.85. The molecule has 1 atom stereocenters. The summed E-state index contributed by atoms with van der Waals surface area (Å²) in [6.07, 6.45) is 4.20. The van der Waals surface area contributed by atoms with Crippen LogP contribution in [0.15, 0.2) is 0 Å². The highest BCUT2D eigenvalue weighted by Gasteiger charge is 2.31. The van der Waals surface area contributed by atoms with E-state index in [1.54, 1.807) is 0 Å². The fourth-order valence-corrected chi connectivity index (χ4v) is 2.57. The molecule has 3 N–H and O–H groups in total. The maximum absolute atomic E-state index is 12.0. The van der Waals surface area contributed by atoms with Gasteiger partial charge in [0, 0.05) is 25.0 Å². The van der Waals surface area contributed by atoms with Gasteiger partial charge in [0.25, 0.3) is 0 Å². The molecule has 0 radical (unpaired) electrons. The van der Waals surface area contributed by atoms with Crippen molar-refractivity contribution < 1.29 is 9.90 Å². The van der Waals surface area contributed by atoms with Crippen LogP contribution in [0, 0.1) is 5.92 Å². The molecule has 2 rings (SSSR count). The Labute approximate surface area is 90.4 Å². The number of nitrogens with two attached hydrogens (primary N) is 1. The first-order valence-corrected chi connectivity index (χ1v) is 5.89. The van der Waals surface area contributed by atoms with E-state index in [1.807, 2.05) is 4.90 Å². The number of carbonyl (C=O) groups is 1. The van der Waals surface area contributed by atoms with Gasteiger partial charge in [-0.1, -0.05) is 0 Å². The molecular weight excluding hydrogens is 192 g/mol. The van der Waals surface area contributed by atoms with Crippen molar-refractivity contribution in [3.8, 4) is 0 Å². The summed E-state index contributed by atoms with van der Waals surface area (Å²) < 4.78 is 0. The molecule has 0 spiro atoms. The van der Waals surface area contributed by atoms with Crippen molar-refractivity contribution in [3.05, 3.63) is 0 Å². The number of hydrogen-bond donors (Lipinski definition) is 2. The van der Waals surface area contributed by atoms with E-state index in [9.17, 15) is 9.90 Å². The molecule has 15 heavy (non-hydrogen) atoms. The molecule has 1 amide bonds. The Morgan fingerprint density at radius 3 is 2.40 bits per heavy atom. The molecule has 4 heteroatoms. The van der Waals surface area contributed by atoms with Gasteiger partial charge in [-0.05, 0) is 32.1 Å². The van der Waals surface area contributed by atoms with Crippen molar-refractivity contribution in [2.24, 2.45) is 11.7 Å². The Hall–Kier alpha value is -0.610. The third-order valence-corrected chi connectivity index (χ3v) is 3.60. The molecular formula is C11H20N2O2. The first-order valence-electron chi connectivity index (χ1n) is 5.89. The molecule has 0 aromatic carbocycles. The van der Waals surface area contributed by atoms with Gasteiger partial charge in [-0.3, -0.25) is 4.79 Å². The van der Waals surface area contributed by atoms with Crippen LogP contribution in [0.25, 0.3) is 0 Å². The summed E-state index contributed by atoms with van der Waals surface area (Å²) in [7, 11) is 0. The highest BCUT2D eigenvalue weighted by Crippen LogP contribution is 2.26. The van der Waals surface area contributed by atoms with Gasteiger partial charge in [0.05, 0.1) is 6.10 Å². The molecule has 1 aliphatic carbocycles. The molecule has 86 valence electrons. The molecule has 4 nitrogen and oxygen atoms in total. The maximum atomic E-state index is 12.0. The Balaban J connectivity index is 1.85. The predicted molar refractivity (Wildman–Crippen MR) is 57.1 cm³/mol. The second-order valence-corrected chi connectivity index (χ2v) is 4.84. The van der Waals surface area contributed by atoms with Gasteiger partial charge in [0.1, 0.15) is 0 Å². The molecule has 1 aliphatic heterocycles. The zero-order valence-electron chi connectivity index (χ0n) is 9.06. The largest absolute Gasteiger partial charge is 0.391 e. The normalized spacial score (nSPS) is 36.9. The van der Waals surface area contributed by atoms with Crippen LogP contribution >= 0.6 is 0 Å². The quantitative estimate of drug-likeness (QED) is 0.647. The lowest BCUT2D eigenvalue weighted by molar-refractivity contribution is -0.135. The van der Waals surface area contributed by atoms with Crippen LogP contribution < -0.4 is 5.73 Å². The van der Waals surface area contributed by atoms with E-state index in [-0.39, 0.29) is 17.9 Å². The Morgan fingerprint density at radius 1 is 1.20 bits per heavy atom. The summed E-state index contributed by atoms with van der Waals surface area (Å²) in [5, 5.41) is 9.38. The average molecular weight is 212 g/mol. The lowest BCUT2D eigenvalue weighted by Gasteiger charge is -2.28. The van der Waals surface area contributed by atoms with Gasteiger partial charge in [-0.2, -0.15) is 0 Å². The van der Waals surface area contributed by atoms with Crippen LogP contribution in [-0.2, 0) is 4.79 Å². The number of β-amino-alcohol motifs (C(OH)–C–C–N with tert-alkyl or cyclic N) is 1. The van der Waals surface area contributed by atoms with Crippen molar-refractivity contribution in [2.75, 3.05) is 13.1 Å². The zero-order chi connectivity index (χ0) is 10.8. The van der Waals surface area contributed by atoms with Gasteiger partial charge >= 0.3 is 0 Å². The zero-order valence-corrected chi connectivity index (χ0v) is 9.06. The van der Waals surface area contributed by atoms with Crippen LogP contribution in [0.3, 0.4) is 0 Å². The van der Waals surface area contributed by atoms with E-state index in [1.165, 1.54) is 0 Å². The molecule has 1 heterocycles. The number of aliphatic hydroxyl groups is 1. The Kier molecular flexibility index (Phi) is 3.26. The number of rotatable bonds is 1. The van der Waals surface area contributed by atoms with Gasteiger partial charge < -0.3 is 15.7 Å². The minimum atomic E-state index is -0.306. The summed E-state index contributed by atoms with van der Waals surface area (Å²) in [5.41, 5.74) is 5.81. The minimum absolute atomic E-state index is 0.162. The molecule has 1 unspecified atom stereocenters. The fraction of sp³-hybridized carbons (Fsp3) is 0.909. The second-order valence-electron chi connectivity index (χ2n) is 4.84. The van der Waals surface area contributed by atoms with E-state index in [2.05, 4.69) is 0 Å². The molecule has 0 aromatic rings. The molecule has 2 fully saturated rings. The topological polar surface area (TPSA) is 66.6 Å². The Morgan fingerprint density at radius 2 is 1.87 bits per heavy atom. The minimum Gasteiger partial charge on any atom is -0.391 e. The van der Waals surface area contributed by atoms with E-state index in [0.717, 1.165) is 38.6 Å². The van der Waals surface area contributed by atoms with Crippen LogP contribution in [0.4, 0.5) is 0 Å². The molecule has 1 saturated heterocycles. The van der Waals surface area contributed by atoms with Crippen LogP contribution in [-0.4, -0.2) is 41.1 Å². The second kappa shape index (κ2) is 4.49. The van der Waals surface area contributed by atoms with E-state index in [0.29, 0.717) is 12.6 Å². The van der Waals surface area contributed by atoms with Crippen molar-refractivity contribution in [1.82, 2.24) is 4.90 Å². The standard InChI is InChI=1S/C11H20N2O2/c12-9-3-1-8(2-4-9)11(15)13-6-5-10(14)7-13/h8-10,14H,1-7,12H2. The number of nitrogens with zero attached hydrogens (tertiary/aromatic N) is 1. The van der Waals surface area contributed by atoms with Gasteiger partial charge in [-0.25, -0.2) is 0 Å². The highest BCUT2D eigenvalue weighted by atomic mass is 16.3. The summed E-state index contributed by atoms with van der Waals surface area (Å²) >= 11 is 0. The molecule has 1 saturated carbocycles. The summed E-state index contributed by atoms with van der Waals surface area (Å²) in [6.45, 7) is 1.25. The summed E-state index contributed by atoms with van der Waals surface area (Å²) in [6, 6.07) is 0.290. The van der Waals surface area contributed by atoms with E-state index in [4.69, 9.17) is 5.73 Å². The Bertz CT molecular complexity index is 237. The third kappa shape index (κ3) is 2.49. The van der Waals surface area contributed by atoms with Crippen molar-refractivity contribution in [3.63, 3.8) is 0 Å². The van der Waals surface area contributed by atoms with Crippen LogP contribution in [0.5, 0.6) is 0 Å². The van der Waals surface area contributed by atoms with Gasteiger partial charge in [0.2, 0.25) is 5.91 Å². The van der Waals surface area contributed by atoms with Crippen molar-refractivity contribution in [2.45, 2.75) is 44.2 Å². The first-order chi connectivity index (χ1) is 7.16.